The zero-order valence-electron chi connectivity index (χ0n) is 19.3. The zero-order valence-corrected chi connectivity index (χ0v) is 19.3. The summed E-state index contributed by atoms with van der Waals surface area (Å²) in [5.74, 6) is 0. The van der Waals surface area contributed by atoms with Crippen LogP contribution in [0, 0.1) is 22.7 Å². The third-order valence-electron chi connectivity index (χ3n) is 4.03. The molecular weight excluding hydrogens is 448 g/mol. The van der Waals surface area contributed by atoms with Gasteiger partial charge in [0.15, 0.2) is 0 Å². The van der Waals surface area contributed by atoms with Gasteiger partial charge in [-0.3, -0.25) is 0 Å². The lowest BCUT2D eigenvalue weighted by Crippen LogP contribution is -2.49. The highest BCUT2D eigenvalue weighted by Gasteiger charge is 2.28. The van der Waals surface area contributed by atoms with E-state index in [1.54, 1.807) is 0 Å². The lowest BCUT2D eigenvalue weighted by atomic mass is 10.0. The Kier molecular flexibility index (Phi) is 28.9. The Balaban J connectivity index is -0.000000434. The van der Waals surface area contributed by atoms with Crippen LogP contribution in [0.2, 0.25) is 0 Å². The quantitative estimate of drug-likeness (QED) is 0.139. The molecule has 4 atom stereocenters. The first-order valence-corrected chi connectivity index (χ1v) is 10.6. The number of aryl methyl sites for hydroxylation is 2. The van der Waals surface area contributed by atoms with Gasteiger partial charge < -0.3 is 52.3 Å². The average molecular weight is 489 g/mol. The van der Waals surface area contributed by atoms with Crippen LogP contribution in [0.15, 0.2) is 24.3 Å². The molecule has 0 radical (unpaired) electrons. The molecular formula is C22H40N4O8. The molecule has 12 heteroatoms. The molecule has 0 bridgehead atoms. The molecule has 0 saturated heterocycles. The molecule has 0 aliphatic carbocycles. The Morgan fingerprint density at radius 1 is 0.647 bits per heavy atom. The van der Waals surface area contributed by atoms with Crippen molar-refractivity contribution in [2.75, 3.05) is 39.5 Å². The number of nitrogens with two attached hydrogens (primary N) is 2. The summed E-state index contributed by atoms with van der Waals surface area (Å²) >= 11 is 0. The van der Waals surface area contributed by atoms with E-state index in [4.69, 9.17) is 62.8 Å². The number of aliphatic hydroxyl groups excluding tert-OH is 8. The van der Waals surface area contributed by atoms with E-state index in [0.717, 1.165) is 25.7 Å². The van der Waals surface area contributed by atoms with Crippen molar-refractivity contribution in [3.05, 3.63) is 35.4 Å². The van der Waals surface area contributed by atoms with E-state index in [2.05, 4.69) is 24.3 Å². The summed E-state index contributed by atoms with van der Waals surface area (Å²) in [6.45, 7) is -0.608. The largest absolute Gasteiger partial charge is 0.396 e. The summed E-state index contributed by atoms with van der Waals surface area (Å²) < 4.78 is 0. The highest BCUT2D eigenvalue weighted by atomic mass is 16.4. The average Bonchev–Trinajstić information content (AvgIpc) is 2.89. The first-order valence-electron chi connectivity index (χ1n) is 10.6. The fraction of sp³-hybridized carbons (Fsp3) is 0.636. The van der Waals surface area contributed by atoms with E-state index in [1.165, 1.54) is 23.3 Å². The van der Waals surface area contributed by atoms with Crippen LogP contribution in [0.5, 0.6) is 0 Å². The maximum atomic E-state index is 9.09. The van der Waals surface area contributed by atoms with Crippen LogP contribution in [0.1, 0.15) is 24.0 Å². The number of nitriles is 2. The summed E-state index contributed by atoms with van der Waals surface area (Å²) in [6, 6.07) is 11.4. The first kappa shape index (κ1) is 36.4. The minimum Gasteiger partial charge on any atom is -0.396 e. The van der Waals surface area contributed by atoms with Crippen LogP contribution in [0.4, 0.5) is 0 Å². The molecule has 0 fully saturated rings. The van der Waals surface area contributed by atoms with E-state index in [1.807, 2.05) is 0 Å². The Morgan fingerprint density at radius 3 is 1.09 bits per heavy atom. The van der Waals surface area contributed by atoms with Gasteiger partial charge in [-0.05, 0) is 36.8 Å². The van der Waals surface area contributed by atoms with Gasteiger partial charge in [-0.15, -0.1) is 0 Å². The summed E-state index contributed by atoms with van der Waals surface area (Å²) in [7, 11) is 0. The molecule has 0 aliphatic rings. The Bertz CT molecular complexity index is 582. The number of aliphatic hydroxyl groups is 8. The van der Waals surface area contributed by atoms with Gasteiger partial charge in [0.25, 0.3) is 0 Å². The maximum Gasteiger partial charge on any atom is 0.130 e. The molecule has 34 heavy (non-hydrogen) atoms. The van der Waals surface area contributed by atoms with Crippen molar-refractivity contribution < 1.29 is 40.9 Å². The lowest BCUT2D eigenvalue weighted by molar-refractivity contribution is -0.0990. The van der Waals surface area contributed by atoms with Gasteiger partial charge in [0, 0.05) is 26.3 Å². The second-order valence-corrected chi connectivity index (χ2v) is 6.69. The number of hydrogen-bond acceptors (Lipinski definition) is 12. The summed E-state index contributed by atoms with van der Waals surface area (Å²) in [5, 5.41) is 83.2. The van der Waals surface area contributed by atoms with Crippen molar-refractivity contribution in [3.8, 4) is 12.1 Å². The van der Waals surface area contributed by atoms with Gasteiger partial charge in [-0.1, -0.05) is 24.3 Å². The second-order valence-electron chi connectivity index (χ2n) is 6.69. The Hall–Kier alpha value is -2.20. The molecule has 0 heterocycles. The molecule has 12 N–H and O–H groups in total. The van der Waals surface area contributed by atoms with E-state index in [-0.39, 0.29) is 39.5 Å². The Morgan fingerprint density at radius 2 is 0.912 bits per heavy atom. The minimum atomic E-state index is -1.46. The first-order chi connectivity index (χ1) is 16.2. The van der Waals surface area contributed by atoms with Gasteiger partial charge >= 0.3 is 0 Å². The van der Waals surface area contributed by atoms with E-state index >= 15 is 0 Å². The predicted molar refractivity (Wildman–Crippen MR) is 125 cm³/mol. The SMILES string of the molecule is N#CCO.N#CCO.NC[C@@H](O)[C@@H](O)[C@H](O)[C@H](O)CN.OCCCc1ccc(CCCO)cc1. The van der Waals surface area contributed by atoms with Gasteiger partial charge in [0.2, 0.25) is 0 Å². The third-order valence-corrected chi connectivity index (χ3v) is 4.03. The lowest BCUT2D eigenvalue weighted by Gasteiger charge is -2.24. The monoisotopic (exact) mass is 488 g/mol. The van der Waals surface area contributed by atoms with Crippen LogP contribution in [-0.2, 0) is 12.8 Å². The van der Waals surface area contributed by atoms with Gasteiger partial charge in [0.1, 0.15) is 25.4 Å². The molecule has 1 aromatic carbocycles. The summed E-state index contributed by atoms with van der Waals surface area (Å²) in [5.41, 5.74) is 12.6. The molecule has 0 aromatic heterocycles. The third kappa shape index (κ3) is 21.6. The van der Waals surface area contributed by atoms with Crippen molar-refractivity contribution in [1.82, 2.24) is 0 Å². The molecule has 0 amide bonds. The van der Waals surface area contributed by atoms with Crippen molar-refractivity contribution in [3.63, 3.8) is 0 Å². The Labute approximate surface area is 200 Å². The van der Waals surface area contributed by atoms with E-state index in [0.29, 0.717) is 0 Å². The normalized spacial score (nSPS) is 13.1. The van der Waals surface area contributed by atoms with Gasteiger partial charge in [0.05, 0.1) is 24.3 Å². The standard InChI is InChI=1S/C12H18O2.C6H16N2O4.2C2H3NO/c13-9-1-3-11-5-7-12(8-6-11)4-2-10-14;7-1-3(9)5(11)6(12)4(10)2-8;2*3-1-2-4/h5-8,13-14H,1-4,9-10H2;3-6,9-12H,1-2,7-8H2;2*4H,2H2/t;3-,4-,5-,6-;;/m.1../s1. The summed E-state index contributed by atoms with van der Waals surface area (Å²) in [4.78, 5) is 0. The van der Waals surface area contributed by atoms with Crippen molar-refractivity contribution in [2.24, 2.45) is 11.5 Å². The van der Waals surface area contributed by atoms with Crippen LogP contribution >= 0.6 is 0 Å². The highest BCUT2D eigenvalue weighted by molar-refractivity contribution is 5.22. The van der Waals surface area contributed by atoms with E-state index < -0.39 is 24.4 Å². The molecule has 0 saturated carbocycles. The van der Waals surface area contributed by atoms with Gasteiger partial charge in [-0.2, -0.15) is 10.5 Å². The molecule has 196 valence electrons. The van der Waals surface area contributed by atoms with E-state index in [9.17, 15) is 0 Å². The topological polar surface area (TPSA) is 261 Å². The molecule has 0 aliphatic heterocycles. The fourth-order valence-corrected chi connectivity index (χ4v) is 2.17. The zero-order chi connectivity index (χ0) is 26.8. The molecule has 1 aromatic rings. The number of nitrogens with zero attached hydrogens (tertiary/aromatic N) is 2. The van der Waals surface area contributed by atoms with Crippen molar-refractivity contribution >= 4 is 0 Å². The van der Waals surface area contributed by atoms with Crippen LogP contribution < -0.4 is 11.5 Å². The number of rotatable bonds is 11. The van der Waals surface area contributed by atoms with Crippen LogP contribution in [-0.4, -0.2) is 105 Å². The summed E-state index contributed by atoms with van der Waals surface area (Å²) in [6.07, 6.45) is -1.89. The molecule has 1 rings (SSSR count). The predicted octanol–water partition coefficient (Wildman–Crippen LogP) is -3.11. The number of benzene rings is 1. The fourth-order valence-electron chi connectivity index (χ4n) is 2.17. The molecule has 0 spiro atoms. The van der Waals surface area contributed by atoms with Crippen molar-refractivity contribution in [1.29, 1.82) is 10.5 Å². The van der Waals surface area contributed by atoms with Crippen LogP contribution in [0.25, 0.3) is 0 Å². The van der Waals surface area contributed by atoms with Crippen LogP contribution in [0.3, 0.4) is 0 Å². The number of hydrogen-bond donors (Lipinski definition) is 10. The molecule has 12 nitrogen and oxygen atoms in total. The van der Waals surface area contributed by atoms with Gasteiger partial charge in [-0.25, -0.2) is 0 Å². The smallest absolute Gasteiger partial charge is 0.130 e. The maximum absolute atomic E-state index is 9.09. The minimum absolute atomic E-state index is 0.185. The highest BCUT2D eigenvalue weighted by Crippen LogP contribution is 2.08. The van der Waals surface area contributed by atoms with Crippen molar-refractivity contribution in [2.45, 2.75) is 50.1 Å². The second kappa shape index (κ2) is 27.0. The molecule has 0 unspecified atom stereocenters.